The van der Waals surface area contributed by atoms with Crippen LogP contribution in [-0.4, -0.2) is 40.2 Å². The molecule has 0 fully saturated rings. The number of ether oxygens (including phenoxy) is 1. The first-order chi connectivity index (χ1) is 11.8. The SMILES string of the molecule is Cc1sc2ncnc(SCC(=O)OCC(=O)N[C@@H](C)C(C)C)c2c1C. The summed E-state index contributed by atoms with van der Waals surface area (Å²) in [4.78, 5) is 34.3. The molecule has 0 aromatic carbocycles. The van der Waals surface area contributed by atoms with Gasteiger partial charge in [0.15, 0.2) is 6.61 Å². The number of rotatable bonds is 7. The second-order valence-electron chi connectivity index (χ2n) is 6.19. The van der Waals surface area contributed by atoms with E-state index in [0.717, 1.165) is 20.8 Å². The average Bonchev–Trinajstić information content (AvgIpc) is 2.86. The van der Waals surface area contributed by atoms with Crippen LogP contribution in [0.2, 0.25) is 0 Å². The third-order valence-corrected chi connectivity index (χ3v) is 6.09. The maximum absolute atomic E-state index is 11.9. The van der Waals surface area contributed by atoms with Crippen LogP contribution in [0.5, 0.6) is 0 Å². The quantitative estimate of drug-likeness (QED) is 0.451. The minimum absolute atomic E-state index is 0.0414. The normalized spacial score (nSPS) is 12.4. The lowest BCUT2D eigenvalue weighted by molar-refractivity contribution is -0.146. The number of thioether (sulfide) groups is 1. The summed E-state index contributed by atoms with van der Waals surface area (Å²) in [6, 6.07) is 0.0414. The van der Waals surface area contributed by atoms with Gasteiger partial charge in [0.1, 0.15) is 16.2 Å². The summed E-state index contributed by atoms with van der Waals surface area (Å²) in [6.07, 6.45) is 1.51. The summed E-state index contributed by atoms with van der Waals surface area (Å²) in [7, 11) is 0. The van der Waals surface area contributed by atoms with Gasteiger partial charge in [0.25, 0.3) is 5.91 Å². The molecule has 1 amide bonds. The van der Waals surface area contributed by atoms with Crippen molar-refractivity contribution in [1.82, 2.24) is 15.3 Å². The first-order valence-electron chi connectivity index (χ1n) is 8.08. The monoisotopic (exact) mass is 381 g/mol. The number of hydrogen-bond acceptors (Lipinski definition) is 7. The van der Waals surface area contributed by atoms with E-state index >= 15 is 0 Å². The molecule has 6 nitrogen and oxygen atoms in total. The van der Waals surface area contributed by atoms with Crippen molar-refractivity contribution in [3.05, 3.63) is 16.8 Å². The van der Waals surface area contributed by atoms with Crippen molar-refractivity contribution in [2.45, 2.75) is 45.7 Å². The Hall–Kier alpha value is -1.67. The van der Waals surface area contributed by atoms with Crippen LogP contribution >= 0.6 is 23.1 Å². The minimum atomic E-state index is -0.436. The molecule has 2 rings (SSSR count). The van der Waals surface area contributed by atoms with Crippen LogP contribution in [0, 0.1) is 19.8 Å². The van der Waals surface area contributed by atoms with Crippen LogP contribution in [0.15, 0.2) is 11.4 Å². The van der Waals surface area contributed by atoms with Gasteiger partial charge in [-0.1, -0.05) is 25.6 Å². The molecular formula is C17H23N3O3S2. The van der Waals surface area contributed by atoms with Crippen molar-refractivity contribution in [3.8, 4) is 0 Å². The smallest absolute Gasteiger partial charge is 0.316 e. The summed E-state index contributed by atoms with van der Waals surface area (Å²) in [5.74, 6) is -0.289. The molecule has 2 aromatic rings. The van der Waals surface area contributed by atoms with Crippen molar-refractivity contribution in [3.63, 3.8) is 0 Å². The number of carbonyl (C=O) groups is 2. The molecule has 136 valence electrons. The Labute approximate surface area is 155 Å². The largest absolute Gasteiger partial charge is 0.455 e. The van der Waals surface area contributed by atoms with Gasteiger partial charge < -0.3 is 10.1 Å². The zero-order chi connectivity index (χ0) is 18.6. The first-order valence-corrected chi connectivity index (χ1v) is 9.88. The predicted molar refractivity (Wildman–Crippen MR) is 101 cm³/mol. The van der Waals surface area contributed by atoms with Crippen LogP contribution in [0.1, 0.15) is 31.2 Å². The number of esters is 1. The Bertz CT molecular complexity index is 774. The van der Waals surface area contributed by atoms with Gasteiger partial charge in [0, 0.05) is 16.3 Å². The van der Waals surface area contributed by atoms with Gasteiger partial charge in [0.05, 0.1) is 5.75 Å². The average molecular weight is 382 g/mol. The van der Waals surface area contributed by atoms with Gasteiger partial charge in [-0.2, -0.15) is 0 Å². The number of amides is 1. The van der Waals surface area contributed by atoms with E-state index in [0.29, 0.717) is 5.92 Å². The molecule has 8 heteroatoms. The summed E-state index contributed by atoms with van der Waals surface area (Å²) < 4.78 is 5.04. The van der Waals surface area contributed by atoms with Crippen molar-refractivity contribution in [2.75, 3.05) is 12.4 Å². The molecule has 2 heterocycles. The highest BCUT2D eigenvalue weighted by Crippen LogP contribution is 2.34. The fraction of sp³-hybridized carbons (Fsp3) is 0.529. The molecule has 1 atom stereocenters. The van der Waals surface area contributed by atoms with Crippen molar-refractivity contribution < 1.29 is 14.3 Å². The standard InChI is InChI=1S/C17H23N3O3S2/c1-9(2)11(4)20-13(21)6-23-14(22)7-24-16-15-10(3)12(5)25-17(15)19-8-18-16/h8-9,11H,6-7H2,1-5H3,(H,20,21)/t11-/m0/s1. The summed E-state index contributed by atoms with van der Waals surface area (Å²) in [6.45, 7) is 9.77. The zero-order valence-electron chi connectivity index (χ0n) is 15.1. The highest BCUT2D eigenvalue weighted by atomic mass is 32.2. The lowest BCUT2D eigenvalue weighted by atomic mass is 10.1. The Balaban J connectivity index is 1.88. The Morgan fingerprint density at radius 3 is 2.68 bits per heavy atom. The van der Waals surface area contributed by atoms with Crippen LogP contribution in [0.25, 0.3) is 10.2 Å². The van der Waals surface area contributed by atoms with E-state index in [1.54, 1.807) is 11.3 Å². The molecule has 0 aliphatic heterocycles. The van der Waals surface area contributed by atoms with Gasteiger partial charge in [-0.15, -0.1) is 11.3 Å². The van der Waals surface area contributed by atoms with E-state index in [4.69, 9.17) is 4.74 Å². The summed E-state index contributed by atoms with van der Waals surface area (Å²) in [5.41, 5.74) is 1.14. The van der Waals surface area contributed by atoms with Gasteiger partial charge in [-0.3, -0.25) is 9.59 Å². The third-order valence-electron chi connectivity index (χ3n) is 4.01. The van der Waals surface area contributed by atoms with E-state index in [1.165, 1.54) is 23.0 Å². The second-order valence-corrected chi connectivity index (χ2v) is 8.36. The van der Waals surface area contributed by atoms with Crippen LogP contribution in [-0.2, 0) is 14.3 Å². The number of thiophene rings is 1. The van der Waals surface area contributed by atoms with Crippen LogP contribution < -0.4 is 5.32 Å². The molecule has 0 unspecified atom stereocenters. The van der Waals surface area contributed by atoms with Crippen LogP contribution in [0.3, 0.4) is 0 Å². The van der Waals surface area contributed by atoms with Gasteiger partial charge in [-0.25, -0.2) is 9.97 Å². The molecule has 0 saturated carbocycles. The zero-order valence-corrected chi connectivity index (χ0v) is 16.7. The molecule has 0 saturated heterocycles. The minimum Gasteiger partial charge on any atom is -0.455 e. The fourth-order valence-corrected chi connectivity index (χ4v) is 3.95. The molecule has 25 heavy (non-hydrogen) atoms. The van der Waals surface area contributed by atoms with E-state index in [2.05, 4.69) is 15.3 Å². The van der Waals surface area contributed by atoms with Gasteiger partial charge in [0.2, 0.25) is 0 Å². The Morgan fingerprint density at radius 1 is 1.28 bits per heavy atom. The van der Waals surface area contributed by atoms with E-state index in [9.17, 15) is 9.59 Å². The third kappa shape index (κ3) is 5.15. The Kier molecular flexibility index (Phi) is 6.78. The molecule has 0 bridgehead atoms. The van der Waals surface area contributed by atoms with E-state index in [-0.39, 0.29) is 24.3 Å². The molecule has 2 aromatic heterocycles. The second kappa shape index (κ2) is 8.62. The number of aromatic nitrogens is 2. The van der Waals surface area contributed by atoms with Gasteiger partial charge in [-0.05, 0) is 32.3 Å². The van der Waals surface area contributed by atoms with E-state index < -0.39 is 5.97 Å². The van der Waals surface area contributed by atoms with Gasteiger partial charge >= 0.3 is 5.97 Å². The topological polar surface area (TPSA) is 81.2 Å². The molecular weight excluding hydrogens is 358 g/mol. The maximum atomic E-state index is 11.9. The molecule has 0 aliphatic carbocycles. The number of hydrogen-bond donors (Lipinski definition) is 1. The maximum Gasteiger partial charge on any atom is 0.316 e. The molecule has 0 spiro atoms. The lowest BCUT2D eigenvalue weighted by Crippen LogP contribution is -2.38. The number of nitrogens with zero attached hydrogens (tertiary/aromatic N) is 2. The fourth-order valence-electron chi connectivity index (χ4n) is 2.04. The summed E-state index contributed by atoms with van der Waals surface area (Å²) in [5, 5.41) is 4.56. The van der Waals surface area contributed by atoms with E-state index in [1.807, 2.05) is 34.6 Å². The lowest BCUT2D eigenvalue weighted by Gasteiger charge is -2.17. The summed E-state index contributed by atoms with van der Waals surface area (Å²) >= 11 is 2.92. The van der Waals surface area contributed by atoms with Crippen molar-refractivity contribution in [2.24, 2.45) is 5.92 Å². The first kappa shape index (κ1) is 19.7. The number of aryl methyl sites for hydroxylation is 2. The predicted octanol–water partition coefficient (Wildman–Crippen LogP) is 3.10. The molecule has 0 radical (unpaired) electrons. The number of fused-ring (bicyclic) bond motifs is 1. The number of carbonyl (C=O) groups excluding carboxylic acids is 2. The molecule has 1 N–H and O–H groups in total. The highest BCUT2D eigenvalue weighted by Gasteiger charge is 2.16. The Morgan fingerprint density at radius 2 is 2.00 bits per heavy atom. The van der Waals surface area contributed by atoms with Crippen molar-refractivity contribution in [1.29, 1.82) is 0 Å². The number of nitrogens with one attached hydrogen (secondary N) is 1. The molecule has 0 aliphatic rings. The van der Waals surface area contributed by atoms with Crippen molar-refractivity contribution >= 4 is 45.2 Å². The van der Waals surface area contributed by atoms with Crippen LogP contribution in [0.4, 0.5) is 0 Å². The highest BCUT2D eigenvalue weighted by molar-refractivity contribution is 8.00.